The van der Waals surface area contributed by atoms with Gasteiger partial charge >= 0.3 is 5.97 Å². The summed E-state index contributed by atoms with van der Waals surface area (Å²) in [4.78, 5) is 23.6. The topological polar surface area (TPSA) is 66.8 Å². The van der Waals surface area contributed by atoms with E-state index in [1.165, 1.54) is 4.90 Å². The highest BCUT2D eigenvalue weighted by Gasteiger charge is 2.09. The largest absolute Gasteiger partial charge is 0.493 e. The lowest BCUT2D eigenvalue weighted by atomic mass is 10.3. The zero-order valence-electron chi connectivity index (χ0n) is 11.0. The van der Waals surface area contributed by atoms with Gasteiger partial charge in [0.1, 0.15) is 5.75 Å². The van der Waals surface area contributed by atoms with Gasteiger partial charge in [0.05, 0.1) is 13.0 Å². The van der Waals surface area contributed by atoms with Crippen molar-refractivity contribution in [3.8, 4) is 5.75 Å². The van der Waals surface area contributed by atoms with Crippen molar-refractivity contribution >= 4 is 11.9 Å². The van der Waals surface area contributed by atoms with Gasteiger partial charge in [-0.1, -0.05) is 18.2 Å². The molecule has 0 bridgehead atoms. The van der Waals surface area contributed by atoms with Crippen LogP contribution in [-0.2, 0) is 9.59 Å². The number of ether oxygens (including phenoxy) is 1. The summed E-state index contributed by atoms with van der Waals surface area (Å²) in [6, 6.07) is 9.31. The van der Waals surface area contributed by atoms with E-state index < -0.39 is 5.97 Å². The Labute approximate surface area is 112 Å². The molecule has 0 radical (unpaired) electrons. The predicted molar refractivity (Wildman–Crippen MR) is 71.1 cm³/mol. The fourth-order valence-corrected chi connectivity index (χ4v) is 1.56. The second-order valence-electron chi connectivity index (χ2n) is 4.22. The number of nitrogens with zero attached hydrogens (tertiary/aromatic N) is 1. The number of rotatable bonds is 8. The van der Waals surface area contributed by atoms with Gasteiger partial charge in [0.2, 0.25) is 5.91 Å². The molecule has 5 nitrogen and oxygen atoms in total. The van der Waals surface area contributed by atoms with Crippen LogP contribution >= 0.6 is 0 Å². The van der Waals surface area contributed by atoms with Gasteiger partial charge in [-0.05, 0) is 18.6 Å². The minimum absolute atomic E-state index is 0.0404. The molecular formula is C14H19NO4. The number of carboxylic acids is 1. The average Bonchev–Trinajstić information content (AvgIpc) is 2.39. The number of carboxylic acid groups (broad SMARTS) is 1. The standard InChI is InChI=1S/C14H19NO4/c1-15(10-5-8-14(17)18)13(16)9-11-19-12-6-3-2-4-7-12/h2-4,6-7H,5,8-11H2,1H3,(H,17,18). The van der Waals surface area contributed by atoms with Gasteiger partial charge in [-0.15, -0.1) is 0 Å². The van der Waals surface area contributed by atoms with Crippen molar-refractivity contribution in [3.63, 3.8) is 0 Å². The van der Waals surface area contributed by atoms with Crippen LogP contribution in [0.5, 0.6) is 5.75 Å². The molecule has 1 aromatic rings. The molecule has 0 unspecified atom stereocenters. The van der Waals surface area contributed by atoms with E-state index >= 15 is 0 Å². The van der Waals surface area contributed by atoms with Crippen LogP contribution in [0.25, 0.3) is 0 Å². The highest BCUT2D eigenvalue weighted by molar-refractivity contribution is 5.76. The van der Waals surface area contributed by atoms with Crippen LogP contribution in [-0.4, -0.2) is 42.1 Å². The fourth-order valence-electron chi connectivity index (χ4n) is 1.56. The number of para-hydroxylation sites is 1. The number of benzene rings is 1. The Morgan fingerprint density at radius 2 is 1.89 bits per heavy atom. The molecule has 0 spiro atoms. The average molecular weight is 265 g/mol. The second kappa shape index (κ2) is 8.13. The van der Waals surface area contributed by atoms with Crippen molar-refractivity contribution in [1.29, 1.82) is 0 Å². The summed E-state index contributed by atoms with van der Waals surface area (Å²) in [5.41, 5.74) is 0. The number of carbonyl (C=O) groups excluding carboxylic acids is 1. The Bertz CT molecular complexity index is 405. The van der Waals surface area contributed by atoms with Gasteiger partial charge in [0.25, 0.3) is 0 Å². The van der Waals surface area contributed by atoms with Crippen molar-refractivity contribution in [2.24, 2.45) is 0 Å². The zero-order chi connectivity index (χ0) is 14.1. The molecule has 0 aliphatic carbocycles. The zero-order valence-corrected chi connectivity index (χ0v) is 11.0. The molecule has 1 rings (SSSR count). The lowest BCUT2D eigenvalue weighted by Crippen LogP contribution is -2.29. The van der Waals surface area contributed by atoms with Gasteiger partial charge < -0.3 is 14.7 Å². The number of aliphatic carboxylic acids is 1. The SMILES string of the molecule is CN(CCCC(=O)O)C(=O)CCOc1ccccc1. The van der Waals surface area contributed by atoms with Crippen molar-refractivity contribution in [2.75, 3.05) is 20.2 Å². The molecule has 104 valence electrons. The first kappa shape index (κ1) is 15.0. The highest BCUT2D eigenvalue weighted by atomic mass is 16.5. The molecule has 1 aromatic carbocycles. The maximum absolute atomic E-state index is 11.7. The maximum Gasteiger partial charge on any atom is 0.303 e. The van der Waals surface area contributed by atoms with E-state index in [0.29, 0.717) is 26.0 Å². The number of amides is 1. The van der Waals surface area contributed by atoms with Crippen LogP contribution in [0.15, 0.2) is 30.3 Å². The summed E-state index contributed by atoms with van der Waals surface area (Å²) in [6.07, 6.45) is 0.841. The summed E-state index contributed by atoms with van der Waals surface area (Å²) in [6.45, 7) is 0.780. The fraction of sp³-hybridized carbons (Fsp3) is 0.429. The highest BCUT2D eigenvalue weighted by Crippen LogP contribution is 2.08. The van der Waals surface area contributed by atoms with Crippen molar-refractivity contribution < 1.29 is 19.4 Å². The molecule has 5 heteroatoms. The molecule has 0 aliphatic rings. The normalized spacial score (nSPS) is 9.95. The Hall–Kier alpha value is -2.04. The molecule has 0 aromatic heterocycles. The molecule has 0 fully saturated rings. The first-order chi connectivity index (χ1) is 9.09. The van der Waals surface area contributed by atoms with Crippen molar-refractivity contribution in [2.45, 2.75) is 19.3 Å². The Morgan fingerprint density at radius 1 is 1.21 bits per heavy atom. The van der Waals surface area contributed by atoms with Gasteiger partial charge in [-0.25, -0.2) is 0 Å². The van der Waals surface area contributed by atoms with Crippen LogP contribution in [0, 0.1) is 0 Å². The van der Waals surface area contributed by atoms with E-state index in [-0.39, 0.29) is 12.3 Å². The van der Waals surface area contributed by atoms with Crippen LogP contribution in [0.4, 0.5) is 0 Å². The van der Waals surface area contributed by atoms with Crippen LogP contribution in [0.2, 0.25) is 0 Å². The third-order valence-electron chi connectivity index (χ3n) is 2.64. The van der Waals surface area contributed by atoms with Crippen LogP contribution < -0.4 is 4.74 Å². The van der Waals surface area contributed by atoms with E-state index in [0.717, 1.165) is 5.75 Å². The molecule has 0 saturated heterocycles. The predicted octanol–water partition coefficient (Wildman–Crippen LogP) is 1.78. The molecule has 0 aliphatic heterocycles. The quantitative estimate of drug-likeness (QED) is 0.778. The molecule has 0 saturated carbocycles. The number of hydrogen-bond acceptors (Lipinski definition) is 3. The smallest absolute Gasteiger partial charge is 0.303 e. The third kappa shape index (κ3) is 6.45. The van der Waals surface area contributed by atoms with Gasteiger partial charge in [-0.3, -0.25) is 9.59 Å². The number of carbonyl (C=O) groups is 2. The van der Waals surface area contributed by atoms with Gasteiger partial charge in [0.15, 0.2) is 0 Å². The van der Waals surface area contributed by atoms with Crippen molar-refractivity contribution in [1.82, 2.24) is 4.90 Å². The summed E-state index contributed by atoms with van der Waals surface area (Å²) in [5.74, 6) is -0.140. The lowest BCUT2D eigenvalue weighted by molar-refractivity contribution is -0.138. The first-order valence-electron chi connectivity index (χ1n) is 6.23. The Balaban J connectivity index is 2.18. The minimum atomic E-state index is -0.840. The molecule has 1 N–H and O–H groups in total. The summed E-state index contributed by atoms with van der Waals surface area (Å²) in [5, 5.41) is 8.51. The molecule has 0 heterocycles. The molecular weight excluding hydrogens is 246 g/mol. The summed E-state index contributed by atoms with van der Waals surface area (Å²) >= 11 is 0. The molecule has 0 atom stereocenters. The van der Waals surface area contributed by atoms with E-state index in [2.05, 4.69) is 0 Å². The van der Waals surface area contributed by atoms with Crippen LogP contribution in [0.1, 0.15) is 19.3 Å². The summed E-state index contributed by atoms with van der Waals surface area (Å²) in [7, 11) is 1.67. The van der Waals surface area contributed by atoms with Gasteiger partial charge in [-0.2, -0.15) is 0 Å². The maximum atomic E-state index is 11.7. The third-order valence-corrected chi connectivity index (χ3v) is 2.64. The molecule has 1 amide bonds. The monoisotopic (exact) mass is 265 g/mol. The molecule has 19 heavy (non-hydrogen) atoms. The van der Waals surface area contributed by atoms with E-state index in [1.54, 1.807) is 7.05 Å². The minimum Gasteiger partial charge on any atom is -0.493 e. The first-order valence-corrected chi connectivity index (χ1v) is 6.23. The van der Waals surface area contributed by atoms with Gasteiger partial charge in [0, 0.05) is 20.0 Å². The second-order valence-corrected chi connectivity index (χ2v) is 4.22. The number of hydrogen-bond donors (Lipinski definition) is 1. The Morgan fingerprint density at radius 3 is 2.53 bits per heavy atom. The van der Waals surface area contributed by atoms with Crippen molar-refractivity contribution in [3.05, 3.63) is 30.3 Å². The van der Waals surface area contributed by atoms with E-state index in [4.69, 9.17) is 9.84 Å². The van der Waals surface area contributed by atoms with E-state index in [9.17, 15) is 9.59 Å². The Kier molecular flexibility index (Phi) is 6.43. The lowest BCUT2D eigenvalue weighted by Gasteiger charge is -2.16. The van der Waals surface area contributed by atoms with E-state index in [1.807, 2.05) is 30.3 Å². The summed E-state index contributed by atoms with van der Waals surface area (Å²) < 4.78 is 5.43. The van der Waals surface area contributed by atoms with Crippen LogP contribution in [0.3, 0.4) is 0 Å².